The lowest BCUT2D eigenvalue weighted by atomic mass is 10.3. The smallest absolute Gasteiger partial charge is 0.236 e. The number of benzene rings is 1. The van der Waals surface area contributed by atoms with Crippen molar-refractivity contribution in [3.63, 3.8) is 0 Å². The van der Waals surface area contributed by atoms with Gasteiger partial charge in [0.25, 0.3) is 0 Å². The molecule has 0 saturated heterocycles. The number of thioether (sulfide) groups is 1. The highest BCUT2D eigenvalue weighted by molar-refractivity contribution is 7.99. The Morgan fingerprint density at radius 3 is 3.03 bits per heavy atom. The lowest BCUT2D eigenvalue weighted by molar-refractivity contribution is -0.113. The van der Waals surface area contributed by atoms with Crippen LogP contribution in [0.2, 0.25) is 0 Å². The van der Waals surface area contributed by atoms with Gasteiger partial charge in [-0.15, -0.1) is 10.2 Å². The van der Waals surface area contributed by atoms with Gasteiger partial charge in [0.15, 0.2) is 10.3 Å². The normalized spacial score (nSPS) is 13.6. The molecule has 3 aromatic heterocycles. The van der Waals surface area contributed by atoms with Crippen molar-refractivity contribution in [1.82, 2.24) is 19.7 Å². The summed E-state index contributed by atoms with van der Waals surface area (Å²) in [5, 5.41) is 12.9. The largest absolute Gasteiger partial charge is 0.494 e. The first-order valence-corrected chi connectivity index (χ1v) is 11.9. The second kappa shape index (κ2) is 8.72. The molecule has 3 heterocycles. The fourth-order valence-electron chi connectivity index (χ4n) is 3.26. The molecule has 10 heteroatoms. The number of fused-ring (bicyclic) bond motifs is 1. The number of carbonyl (C=O) groups excluding carboxylic acids is 1. The quantitative estimate of drug-likeness (QED) is 0.370. The predicted molar refractivity (Wildman–Crippen MR) is 120 cm³/mol. The zero-order valence-electron chi connectivity index (χ0n) is 16.9. The molecule has 1 N–H and O–H groups in total. The SMILES string of the molecule is CCOc1ccc2nc(NC(=O)CSc3nnc(C4CC4)n3Cc3ccco3)sc2c1. The van der Waals surface area contributed by atoms with Crippen LogP contribution < -0.4 is 10.1 Å². The van der Waals surface area contributed by atoms with Crippen LogP contribution >= 0.6 is 23.1 Å². The molecule has 0 aliphatic heterocycles. The van der Waals surface area contributed by atoms with E-state index >= 15 is 0 Å². The minimum atomic E-state index is -0.130. The molecule has 1 aliphatic carbocycles. The van der Waals surface area contributed by atoms with Crippen molar-refractivity contribution in [2.45, 2.75) is 37.4 Å². The number of aromatic nitrogens is 4. The van der Waals surface area contributed by atoms with Gasteiger partial charge in [0.05, 0.1) is 35.4 Å². The molecule has 4 aromatic rings. The Bertz CT molecular complexity index is 1200. The van der Waals surface area contributed by atoms with E-state index in [4.69, 9.17) is 9.15 Å². The molecule has 1 amide bonds. The Morgan fingerprint density at radius 1 is 1.35 bits per heavy atom. The Labute approximate surface area is 187 Å². The van der Waals surface area contributed by atoms with Crippen molar-refractivity contribution >= 4 is 44.4 Å². The molecule has 1 fully saturated rings. The van der Waals surface area contributed by atoms with Crippen molar-refractivity contribution in [3.05, 3.63) is 48.2 Å². The van der Waals surface area contributed by atoms with E-state index < -0.39 is 0 Å². The second-order valence-corrected chi connectivity index (χ2v) is 9.17. The van der Waals surface area contributed by atoms with E-state index in [2.05, 4.69) is 25.1 Å². The highest BCUT2D eigenvalue weighted by atomic mass is 32.2. The van der Waals surface area contributed by atoms with E-state index in [0.29, 0.717) is 24.2 Å². The van der Waals surface area contributed by atoms with Crippen LogP contribution in [0.4, 0.5) is 5.13 Å². The molecule has 31 heavy (non-hydrogen) atoms. The Balaban J connectivity index is 1.25. The fourth-order valence-corrected chi connectivity index (χ4v) is 4.91. The predicted octanol–water partition coefficient (Wildman–Crippen LogP) is 4.54. The lowest BCUT2D eigenvalue weighted by Crippen LogP contribution is -2.14. The topological polar surface area (TPSA) is 95.1 Å². The molecule has 160 valence electrons. The first-order valence-electron chi connectivity index (χ1n) is 10.1. The van der Waals surface area contributed by atoms with Crippen LogP contribution in [0.15, 0.2) is 46.2 Å². The number of carbonyl (C=O) groups is 1. The standard InChI is InChI=1S/C21H21N5O3S2/c1-2-28-14-7-8-16-17(10-14)31-20(22-16)23-18(27)12-30-21-25-24-19(13-5-6-13)26(21)11-15-4-3-9-29-15/h3-4,7-10,13H,2,5-6,11-12H2,1H3,(H,22,23,27). The third-order valence-corrected chi connectivity index (χ3v) is 6.73. The van der Waals surface area contributed by atoms with Gasteiger partial charge in [-0.3, -0.25) is 9.36 Å². The van der Waals surface area contributed by atoms with Gasteiger partial charge in [-0.2, -0.15) is 0 Å². The van der Waals surface area contributed by atoms with Crippen LogP contribution in [-0.4, -0.2) is 38.0 Å². The molecule has 1 aliphatic rings. The zero-order chi connectivity index (χ0) is 21.2. The summed E-state index contributed by atoms with van der Waals surface area (Å²) in [5.74, 6) is 3.16. The molecule has 0 spiro atoms. The van der Waals surface area contributed by atoms with Gasteiger partial charge in [-0.1, -0.05) is 23.1 Å². The van der Waals surface area contributed by atoms with Gasteiger partial charge < -0.3 is 14.5 Å². The number of hydrogen-bond acceptors (Lipinski definition) is 8. The van der Waals surface area contributed by atoms with Gasteiger partial charge in [0, 0.05) is 5.92 Å². The van der Waals surface area contributed by atoms with Gasteiger partial charge in [-0.05, 0) is 50.1 Å². The Morgan fingerprint density at radius 2 is 2.26 bits per heavy atom. The van der Waals surface area contributed by atoms with Gasteiger partial charge >= 0.3 is 0 Å². The number of anilines is 1. The highest BCUT2D eigenvalue weighted by Gasteiger charge is 2.30. The molecular weight excluding hydrogens is 434 g/mol. The van der Waals surface area contributed by atoms with Crippen LogP contribution in [0.5, 0.6) is 5.75 Å². The van der Waals surface area contributed by atoms with Crippen LogP contribution in [-0.2, 0) is 11.3 Å². The lowest BCUT2D eigenvalue weighted by Gasteiger charge is -2.08. The fraction of sp³-hybridized carbons (Fsp3) is 0.333. The Hall–Kier alpha value is -2.85. The number of furan rings is 1. The molecule has 0 bridgehead atoms. The maximum atomic E-state index is 12.5. The van der Waals surface area contributed by atoms with Crippen LogP contribution in [0.3, 0.4) is 0 Å². The maximum Gasteiger partial charge on any atom is 0.236 e. The number of rotatable bonds is 9. The van der Waals surface area contributed by atoms with Crippen LogP contribution in [0.25, 0.3) is 10.2 Å². The number of amides is 1. The van der Waals surface area contributed by atoms with E-state index in [0.717, 1.165) is 45.5 Å². The van der Waals surface area contributed by atoms with E-state index in [1.165, 1.54) is 23.1 Å². The molecule has 1 saturated carbocycles. The van der Waals surface area contributed by atoms with E-state index in [-0.39, 0.29) is 11.7 Å². The molecule has 0 unspecified atom stereocenters. The molecule has 0 atom stereocenters. The molecule has 8 nitrogen and oxygen atoms in total. The summed E-state index contributed by atoms with van der Waals surface area (Å²) in [6.07, 6.45) is 3.92. The summed E-state index contributed by atoms with van der Waals surface area (Å²) in [7, 11) is 0. The number of nitrogens with zero attached hydrogens (tertiary/aromatic N) is 4. The van der Waals surface area contributed by atoms with Crippen molar-refractivity contribution in [3.8, 4) is 5.75 Å². The summed E-state index contributed by atoms with van der Waals surface area (Å²) in [6.45, 7) is 3.12. The van der Waals surface area contributed by atoms with Crippen LogP contribution in [0, 0.1) is 0 Å². The number of ether oxygens (including phenoxy) is 1. The first kappa shape index (κ1) is 20.1. The average molecular weight is 456 g/mol. The average Bonchev–Trinajstić information content (AvgIpc) is 3.14. The van der Waals surface area contributed by atoms with E-state index in [9.17, 15) is 4.79 Å². The number of nitrogens with one attached hydrogen (secondary N) is 1. The molecule has 1 aromatic carbocycles. The molecule has 5 rings (SSSR count). The van der Waals surface area contributed by atoms with E-state index in [1.54, 1.807) is 6.26 Å². The minimum Gasteiger partial charge on any atom is -0.494 e. The Kier molecular flexibility index (Phi) is 5.65. The van der Waals surface area contributed by atoms with Crippen molar-refractivity contribution < 1.29 is 13.9 Å². The van der Waals surface area contributed by atoms with Gasteiger partial charge in [-0.25, -0.2) is 4.98 Å². The minimum absolute atomic E-state index is 0.130. The molecule has 0 radical (unpaired) electrons. The van der Waals surface area contributed by atoms with Gasteiger partial charge in [0.2, 0.25) is 5.91 Å². The second-order valence-electron chi connectivity index (χ2n) is 7.20. The summed E-state index contributed by atoms with van der Waals surface area (Å²) >= 11 is 2.80. The summed E-state index contributed by atoms with van der Waals surface area (Å²) in [4.78, 5) is 17.0. The van der Waals surface area contributed by atoms with Gasteiger partial charge in [0.1, 0.15) is 17.3 Å². The summed E-state index contributed by atoms with van der Waals surface area (Å²) in [6, 6.07) is 9.53. The third kappa shape index (κ3) is 4.59. The summed E-state index contributed by atoms with van der Waals surface area (Å²) in [5.41, 5.74) is 0.837. The van der Waals surface area contributed by atoms with Crippen LogP contribution in [0.1, 0.15) is 37.3 Å². The van der Waals surface area contributed by atoms with Crippen molar-refractivity contribution in [1.29, 1.82) is 0 Å². The third-order valence-electron chi connectivity index (χ3n) is 4.83. The highest BCUT2D eigenvalue weighted by Crippen LogP contribution is 2.40. The zero-order valence-corrected chi connectivity index (χ0v) is 18.5. The number of thiazole rings is 1. The number of hydrogen-bond donors (Lipinski definition) is 1. The maximum absolute atomic E-state index is 12.5. The molecular formula is C21H21N5O3S2. The summed E-state index contributed by atoms with van der Waals surface area (Å²) < 4.78 is 14.1. The monoisotopic (exact) mass is 455 g/mol. The van der Waals surface area contributed by atoms with Crippen molar-refractivity contribution in [2.75, 3.05) is 17.7 Å². The first-order chi connectivity index (χ1) is 15.2. The van der Waals surface area contributed by atoms with Crippen molar-refractivity contribution in [2.24, 2.45) is 0 Å². The van der Waals surface area contributed by atoms with E-state index in [1.807, 2.05) is 37.3 Å².